The minimum absolute atomic E-state index is 0.0238. The van der Waals surface area contributed by atoms with Gasteiger partial charge in [0, 0.05) is 5.56 Å². The molecule has 2 amide bonds. The Balaban J connectivity index is 2.05. The number of amides is 2. The van der Waals surface area contributed by atoms with Gasteiger partial charge in [-0.1, -0.05) is 6.07 Å². The maximum atomic E-state index is 12.9. The highest BCUT2D eigenvalue weighted by Gasteiger charge is 2.34. The topological polar surface area (TPSA) is 62.6 Å². The maximum absolute atomic E-state index is 12.9. The summed E-state index contributed by atoms with van der Waals surface area (Å²) in [7, 11) is 0. The third kappa shape index (κ3) is 3.13. The van der Waals surface area contributed by atoms with Crippen LogP contribution in [0.2, 0.25) is 0 Å². The van der Waals surface area contributed by atoms with Crippen molar-refractivity contribution < 1.29 is 14.0 Å². The molecule has 128 valence electrons. The second-order valence-electron chi connectivity index (χ2n) is 6.09. The van der Waals surface area contributed by atoms with E-state index in [-0.39, 0.29) is 10.7 Å². The minimum atomic E-state index is -0.506. The molecule has 0 atom stereocenters. The molecule has 2 heterocycles. The fraction of sp³-hybridized carbons (Fsp3) is 0.211. The number of hydrogen-bond acceptors (Lipinski definition) is 4. The van der Waals surface area contributed by atoms with Crippen LogP contribution in [0.15, 0.2) is 34.3 Å². The van der Waals surface area contributed by atoms with Gasteiger partial charge >= 0.3 is 0 Å². The molecule has 0 aliphatic carbocycles. The summed E-state index contributed by atoms with van der Waals surface area (Å²) < 4.78 is 5.46. The minimum Gasteiger partial charge on any atom is -0.466 e. The van der Waals surface area contributed by atoms with Crippen molar-refractivity contribution in [1.29, 1.82) is 0 Å². The second-order valence-corrected chi connectivity index (χ2v) is 6.48. The SMILES string of the molecule is Cc1cc(/C=C2\C(=O)NC(=S)N(c3ccc(C)c(C)c3)C2=O)c(C)o1. The molecule has 0 radical (unpaired) electrons. The number of nitrogens with one attached hydrogen (secondary N) is 1. The fourth-order valence-electron chi connectivity index (χ4n) is 2.71. The van der Waals surface area contributed by atoms with Gasteiger partial charge in [-0.3, -0.25) is 19.8 Å². The number of rotatable bonds is 2. The average Bonchev–Trinajstić information content (AvgIpc) is 2.84. The van der Waals surface area contributed by atoms with E-state index in [0.717, 1.165) is 16.9 Å². The summed E-state index contributed by atoms with van der Waals surface area (Å²) in [4.78, 5) is 26.6. The Morgan fingerprint density at radius 1 is 1.08 bits per heavy atom. The summed E-state index contributed by atoms with van der Waals surface area (Å²) in [6, 6.07) is 7.40. The van der Waals surface area contributed by atoms with Gasteiger partial charge in [0.1, 0.15) is 17.1 Å². The van der Waals surface area contributed by atoms with Gasteiger partial charge in [0.25, 0.3) is 11.8 Å². The van der Waals surface area contributed by atoms with Gasteiger partial charge in [0.15, 0.2) is 5.11 Å². The molecule has 25 heavy (non-hydrogen) atoms. The largest absolute Gasteiger partial charge is 0.466 e. The predicted octanol–water partition coefficient (Wildman–Crippen LogP) is 3.34. The molecular weight excluding hydrogens is 336 g/mol. The number of thiocarbonyl (C=S) groups is 1. The zero-order chi connectivity index (χ0) is 18.3. The lowest BCUT2D eigenvalue weighted by Crippen LogP contribution is -2.54. The molecule has 3 rings (SSSR count). The van der Waals surface area contributed by atoms with Crippen LogP contribution >= 0.6 is 12.2 Å². The first-order valence-corrected chi connectivity index (χ1v) is 8.24. The number of nitrogens with zero attached hydrogens (tertiary/aromatic N) is 1. The molecule has 1 aromatic heterocycles. The summed E-state index contributed by atoms with van der Waals surface area (Å²) in [6.07, 6.45) is 1.54. The Morgan fingerprint density at radius 2 is 1.80 bits per heavy atom. The molecule has 0 spiro atoms. The lowest BCUT2D eigenvalue weighted by Gasteiger charge is -2.29. The standard InChI is InChI=1S/C19H18N2O3S/c1-10-5-6-15(7-11(10)2)21-18(23)16(17(22)20-19(21)25)9-14-8-12(3)24-13(14)4/h5-9H,1-4H3,(H,20,22,25)/b16-9+. The van der Waals surface area contributed by atoms with E-state index >= 15 is 0 Å². The lowest BCUT2D eigenvalue weighted by molar-refractivity contribution is -0.122. The van der Waals surface area contributed by atoms with Crippen LogP contribution in [0, 0.1) is 27.7 Å². The van der Waals surface area contributed by atoms with Crippen LogP contribution in [0.25, 0.3) is 6.08 Å². The number of furan rings is 1. The smallest absolute Gasteiger partial charge is 0.270 e. The fourth-order valence-corrected chi connectivity index (χ4v) is 2.99. The number of anilines is 1. The number of aryl methyl sites for hydroxylation is 4. The van der Waals surface area contributed by atoms with Gasteiger partial charge in [-0.2, -0.15) is 0 Å². The molecule has 0 bridgehead atoms. The zero-order valence-electron chi connectivity index (χ0n) is 14.5. The van der Waals surface area contributed by atoms with E-state index in [1.54, 1.807) is 19.1 Å². The predicted molar refractivity (Wildman–Crippen MR) is 100 cm³/mol. The van der Waals surface area contributed by atoms with Crippen LogP contribution in [-0.4, -0.2) is 16.9 Å². The van der Waals surface area contributed by atoms with E-state index in [0.29, 0.717) is 17.0 Å². The van der Waals surface area contributed by atoms with Crippen molar-refractivity contribution in [3.63, 3.8) is 0 Å². The van der Waals surface area contributed by atoms with Gasteiger partial charge < -0.3 is 4.42 Å². The van der Waals surface area contributed by atoms with Gasteiger partial charge in [0.2, 0.25) is 0 Å². The molecule has 1 fully saturated rings. The van der Waals surface area contributed by atoms with Crippen molar-refractivity contribution in [3.05, 3.63) is 58.0 Å². The maximum Gasteiger partial charge on any atom is 0.270 e. The molecule has 0 saturated carbocycles. The Labute approximate surface area is 151 Å². The number of benzene rings is 1. The normalized spacial score (nSPS) is 16.6. The van der Waals surface area contributed by atoms with Crippen molar-refractivity contribution in [1.82, 2.24) is 5.32 Å². The molecule has 2 aromatic rings. The van der Waals surface area contributed by atoms with Gasteiger partial charge in [-0.25, -0.2) is 0 Å². The van der Waals surface area contributed by atoms with Crippen LogP contribution in [0.4, 0.5) is 5.69 Å². The molecule has 1 N–H and O–H groups in total. The van der Waals surface area contributed by atoms with E-state index in [4.69, 9.17) is 16.6 Å². The molecule has 0 unspecified atom stereocenters. The Morgan fingerprint density at radius 3 is 2.40 bits per heavy atom. The quantitative estimate of drug-likeness (QED) is 0.510. The van der Waals surface area contributed by atoms with E-state index in [9.17, 15) is 9.59 Å². The Hall–Kier alpha value is -2.73. The van der Waals surface area contributed by atoms with Crippen LogP contribution < -0.4 is 10.2 Å². The second kappa shape index (κ2) is 6.29. The monoisotopic (exact) mass is 354 g/mol. The van der Waals surface area contributed by atoms with Crippen molar-refractivity contribution in [2.24, 2.45) is 0 Å². The van der Waals surface area contributed by atoms with Crippen LogP contribution in [-0.2, 0) is 9.59 Å². The number of carbonyl (C=O) groups excluding carboxylic acids is 2. The molecule has 1 saturated heterocycles. The molecule has 1 aliphatic heterocycles. The first kappa shape index (κ1) is 17.1. The van der Waals surface area contributed by atoms with Crippen LogP contribution in [0.3, 0.4) is 0 Å². The molecule has 5 nitrogen and oxygen atoms in total. The molecule has 6 heteroatoms. The molecule has 1 aromatic carbocycles. The first-order valence-electron chi connectivity index (χ1n) is 7.83. The molecular formula is C19H18N2O3S. The van der Waals surface area contributed by atoms with E-state index in [1.807, 2.05) is 39.0 Å². The van der Waals surface area contributed by atoms with Crippen LogP contribution in [0.1, 0.15) is 28.2 Å². The van der Waals surface area contributed by atoms with Crippen molar-refractivity contribution in [2.45, 2.75) is 27.7 Å². The van der Waals surface area contributed by atoms with Gasteiger partial charge in [0.05, 0.1) is 5.69 Å². The number of hydrogen-bond donors (Lipinski definition) is 1. The summed E-state index contributed by atoms with van der Waals surface area (Å²) in [5, 5.41) is 2.67. The summed E-state index contributed by atoms with van der Waals surface area (Å²) in [5.41, 5.74) is 3.50. The summed E-state index contributed by atoms with van der Waals surface area (Å²) in [5.74, 6) is 0.412. The Kier molecular flexibility index (Phi) is 4.30. The van der Waals surface area contributed by atoms with Crippen molar-refractivity contribution in [2.75, 3.05) is 4.90 Å². The van der Waals surface area contributed by atoms with Gasteiger partial charge in [-0.15, -0.1) is 0 Å². The third-order valence-electron chi connectivity index (χ3n) is 4.23. The van der Waals surface area contributed by atoms with Crippen molar-refractivity contribution in [3.8, 4) is 0 Å². The van der Waals surface area contributed by atoms with Crippen molar-refractivity contribution >= 4 is 40.9 Å². The zero-order valence-corrected chi connectivity index (χ0v) is 15.3. The first-order chi connectivity index (χ1) is 11.8. The highest BCUT2D eigenvalue weighted by molar-refractivity contribution is 7.80. The average molecular weight is 354 g/mol. The van der Waals surface area contributed by atoms with Crippen LogP contribution in [0.5, 0.6) is 0 Å². The summed E-state index contributed by atoms with van der Waals surface area (Å²) >= 11 is 5.21. The Bertz CT molecular complexity index is 940. The van der Waals surface area contributed by atoms with E-state index < -0.39 is 11.8 Å². The van der Waals surface area contributed by atoms with Gasteiger partial charge in [-0.05, 0) is 75.3 Å². The van der Waals surface area contributed by atoms with E-state index in [2.05, 4.69) is 5.32 Å². The van der Waals surface area contributed by atoms with E-state index in [1.165, 1.54) is 4.90 Å². The highest BCUT2D eigenvalue weighted by atomic mass is 32.1. The summed E-state index contributed by atoms with van der Waals surface area (Å²) in [6.45, 7) is 7.56. The third-order valence-corrected chi connectivity index (χ3v) is 4.51. The highest BCUT2D eigenvalue weighted by Crippen LogP contribution is 2.25. The lowest BCUT2D eigenvalue weighted by atomic mass is 10.1. The number of carbonyl (C=O) groups is 2. The molecule has 1 aliphatic rings.